The van der Waals surface area contributed by atoms with E-state index in [1.165, 1.54) is 12.1 Å². The summed E-state index contributed by atoms with van der Waals surface area (Å²) in [7, 11) is 3.98. The molecule has 0 fully saturated rings. The van der Waals surface area contributed by atoms with Crippen LogP contribution in [-0.4, -0.2) is 73.1 Å². The molecule has 0 saturated heterocycles. The zero-order valence-electron chi connectivity index (χ0n) is 24.8. The van der Waals surface area contributed by atoms with E-state index in [0.717, 1.165) is 35.9 Å². The van der Waals surface area contributed by atoms with E-state index in [2.05, 4.69) is 52.6 Å². The number of fused-ring (bicyclic) bond motifs is 2. The molecule has 6 aromatic rings. The molecule has 0 aliphatic carbocycles. The van der Waals surface area contributed by atoms with Gasteiger partial charge in [-0.25, -0.2) is 9.37 Å². The van der Waals surface area contributed by atoms with Crippen LogP contribution in [0.5, 0.6) is 0 Å². The average molecular weight is 593 g/mol. The van der Waals surface area contributed by atoms with E-state index in [0.29, 0.717) is 63.7 Å². The lowest BCUT2D eigenvalue weighted by atomic mass is 10.1. The zero-order chi connectivity index (χ0) is 30.6. The normalized spacial score (nSPS) is 11.5. The highest BCUT2D eigenvalue weighted by atomic mass is 19.1. The lowest BCUT2D eigenvalue weighted by molar-refractivity contribution is -0.116. The Labute approximate surface area is 253 Å². The summed E-state index contributed by atoms with van der Waals surface area (Å²) in [4.78, 5) is 35.8. The first-order chi connectivity index (χ1) is 21.4. The largest absolute Gasteiger partial charge is 0.384 e. The second kappa shape index (κ2) is 12.6. The van der Waals surface area contributed by atoms with Crippen molar-refractivity contribution in [2.75, 3.05) is 37.8 Å². The predicted molar refractivity (Wildman–Crippen MR) is 171 cm³/mol. The van der Waals surface area contributed by atoms with E-state index in [-0.39, 0.29) is 11.7 Å². The Morgan fingerprint density at radius 2 is 1.80 bits per heavy atom. The Kier molecular flexibility index (Phi) is 8.24. The number of likely N-dealkylation sites (N-methyl/N-ethyl adjacent to an activating group) is 1. The molecular formula is C32H33FN10O. The van der Waals surface area contributed by atoms with E-state index in [1.54, 1.807) is 31.0 Å². The predicted octanol–water partition coefficient (Wildman–Crippen LogP) is 5.87. The lowest BCUT2D eigenvalue weighted by Gasteiger charge is -2.12. The van der Waals surface area contributed by atoms with Crippen molar-refractivity contribution in [1.82, 2.24) is 40.0 Å². The summed E-state index contributed by atoms with van der Waals surface area (Å²) < 4.78 is 14.7. The molecule has 6 rings (SSSR count). The van der Waals surface area contributed by atoms with Gasteiger partial charge in [0.25, 0.3) is 0 Å². The summed E-state index contributed by atoms with van der Waals surface area (Å²) in [6, 6.07) is 8.64. The van der Waals surface area contributed by atoms with Crippen LogP contribution in [0, 0.1) is 5.82 Å². The van der Waals surface area contributed by atoms with Gasteiger partial charge in [0.2, 0.25) is 5.91 Å². The number of hydrogen-bond donors (Lipinski definition) is 4. The van der Waals surface area contributed by atoms with Crippen LogP contribution in [-0.2, 0) is 4.79 Å². The second-order valence-corrected chi connectivity index (χ2v) is 10.9. The number of nitrogens with zero attached hydrogens (tertiary/aromatic N) is 6. The van der Waals surface area contributed by atoms with Gasteiger partial charge in [-0.05, 0) is 56.4 Å². The number of carbonyl (C=O) groups is 1. The number of H-pyrrole nitrogens is 2. The fourth-order valence-corrected chi connectivity index (χ4v) is 4.99. The number of imidazole rings is 1. The maximum atomic E-state index is 14.7. The number of nitrogens with one attached hydrogen (secondary N) is 4. The highest BCUT2D eigenvalue weighted by molar-refractivity contribution is 5.98. The number of aromatic nitrogens is 7. The summed E-state index contributed by atoms with van der Waals surface area (Å²) in [6.45, 7) is 3.55. The van der Waals surface area contributed by atoms with E-state index >= 15 is 0 Å². The molecule has 0 bridgehead atoms. The van der Waals surface area contributed by atoms with Crippen LogP contribution < -0.4 is 10.6 Å². The highest BCUT2D eigenvalue weighted by Gasteiger charge is 2.17. The number of unbranched alkanes of at least 4 members (excludes halogenated alkanes) is 1. The summed E-state index contributed by atoms with van der Waals surface area (Å²) in [5.41, 5.74) is 6.79. The Bertz CT molecular complexity index is 1950. The van der Waals surface area contributed by atoms with Crippen molar-refractivity contribution in [3.05, 3.63) is 67.1 Å². The molecule has 1 aromatic carbocycles. The fraction of sp³-hybridized carbons (Fsp3) is 0.250. The molecule has 1 amide bonds. The number of hydrogen-bond acceptors (Lipinski definition) is 8. The fourth-order valence-electron chi connectivity index (χ4n) is 4.99. The molecule has 0 atom stereocenters. The van der Waals surface area contributed by atoms with Crippen molar-refractivity contribution in [2.24, 2.45) is 0 Å². The molecule has 0 aliphatic heterocycles. The Balaban J connectivity index is 1.33. The first-order valence-corrected chi connectivity index (χ1v) is 14.5. The molecule has 44 heavy (non-hydrogen) atoms. The number of rotatable bonds is 11. The van der Waals surface area contributed by atoms with Gasteiger partial charge in [0.05, 0.1) is 46.5 Å². The summed E-state index contributed by atoms with van der Waals surface area (Å²) in [5.74, 6) is 0.147. The first-order valence-electron chi connectivity index (χ1n) is 14.5. The monoisotopic (exact) mass is 592 g/mol. The van der Waals surface area contributed by atoms with Gasteiger partial charge in [-0.1, -0.05) is 13.3 Å². The van der Waals surface area contributed by atoms with Crippen molar-refractivity contribution >= 4 is 39.2 Å². The third-order valence-corrected chi connectivity index (χ3v) is 7.24. The summed E-state index contributed by atoms with van der Waals surface area (Å²) in [6.07, 6.45) is 10.7. The topological polar surface area (TPSA) is 140 Å². The minimum atomic E-state index is -0.347. The Hall–Kier alpha value is -5.23. The number of pyridine rings is 3. The summed E-state index contributed by atoms with van der Waals surface area (Å²) in [5, 5.41) is 14.6. The first kappa shape index (κ1) is 28.9. The molecule has 0 spiro atoms. The van der Waals surface area contributed by atoms with Gasteiger partial charge >= 0.3 is 0 Å². The Morgan fingerprint density at radius 3 is 2.64 bits per heavy atom. The zero-order valence-corrected chi connectivity index (χ0v) is 24.8. The van der Waals surface area contributed by atoms with Gasteiger partial charge in [-0.15, -0.1) is 0 Å². The number of benzene rings is 1. The van der Waals surface area contributed by atoms with Crippen LogP contribution in [0.2, 0.25) is 0 Å². The number of carbonyl (C=O) groups excluding carboxylic acids is 1. The maximum Gasteiger partial charge on any atom is 0.224 e. The van der Waals surface area contributed by atoms with E-state index in [4.69, 9.17) is 4.98 Å². The molecule has 0 radical (unpaired) electrons. The summed E-state index contributed by atoms with van der Waals surface area (Å²) >= 11 is 0. The molecule has 12 heteroatoms. The van der Waals surface area contributed by atoms with Crippen molar-refractivity contribution in [1.29, 1.82) is 0 Å². The molecule has 5 heterocycles. The smallest absolute Gasteiger partial charge is 0.224 e. The van der Waals surface area contributed by atoms with Gasteiger partial charge < -0.3 is 20.5 Å². The third-order valence-electron chi connectivity index (χ3n) is 7.24. The van der Waals surface area contributed by atoms with Gasteiger partial charge in [0.1, 0.15) is 11.5 Å². The van der Waals surface area contributed by atoms with Crippen LogP contribution in [0.15, 0.2) is 61.3 Å². The molecule has 11 nitrogen and oxygen atoms in total. The van der Waals surface area contributed by atoms with Crippen molar-refractivity contribution in [3.63, 3.8) is 0 Å². The molecule has 0 saturated carbocycles. The molecule has 0 unspecified atom stereocenters. The van der Waals surface area contributed by atoms with Crippen molar-refractivity contribution < 1.29 is 9.18 Å². The molecule has 0 aliphatic rings. The second-order valence-electron chi connectivity index (χ2n) is 10.9. The lowest BCUT2D eigenvalue weighted by Crippen LogP contribution is -2.20. The van der Waals surface area contributed by atoms with Crippen molar-refractivity contribution in [2.45, 2.75) is 26.2 Å². The number of halogens is 1. The molecule has 5 aromatic heterocycles. The molecular weight excluding hydrogens is 559 g/mol. The standard InChI is InChI=1S/C32H33FN10O/c1-4-5-6-29(44)38-23-11-20(14-34-15-23)26-13-24-27(18-37-26)41-42-31(24)32-39-28-17-35-16-25(30(28)40-32)19-9-21(33)12-22(10-19)36-7-8-43(2)3/h9-18,36H,4-8H2,1-3H3,(H,38,44)(H,39,40)(H,41,42). The molecule has 224 valence electrons. The van der Waals surface area contributed by atoms with Crippen LogP contribution in [0.3, 0.4) is 0 Å². The Morgan fingerprint density at radius 1 is 0.955 bits per heavy atom. The van der Waals surface area contributed by atoms with E-state index in [9.17, 15) is 9.18 Å². The van der Waals surface area contributed by atoms with Crippen LogP contribution in [0.25, 0.3) is 55.8 Å². The minimum Gasteiger partial charge on any atom is -0.384 e. The van der Waals surface area contributed by atoms with Crippen LogP contribution in [0.4, 0.5) is 15.8 Å². The van der Waals surface area contributed by atoms with E-state index < -0.39 is 0 Å². The number of aromatic amines is 2. The van der Waals surface area contributed by atoms with Gasteiger partial charge in [-0.3, -0.25) is 24.8 Å². The maximum absolute atomic E-state index is 14.7. The van der Waals surface area contributed by atoms with E-state index in [1.807, 2.05) is 32.3 Å². The van der Waals surface area contributed by atoms with Gasteiger partial charge in [0.15, 0.2) is 5.82 Å². The average Bonchev–Trinajstić information content (AvgIpc) is 3.63. The minimum absolute atomic E-state index is 0.0415. The van der Waals surface area contributed by atoms with Crippen LogP contribution >= 0.6 is 0 Å². The van der Waals surface area contributed by atoms with Crippen molar-refractivity contribution in [3.8, 4) is 33.9 Å². The number of anilines is 2. The molecule has 4 N–H and O–H groups in total. The number of amides is 1. The van der Waals surface area contributed by atoms with Gasteiger partial charge in [-0.2, -0.15) is 5.10 Å². The third kappa shape index (κ3) is 6.25. The SMILES string of the molecule is CCCCC(=O)Nc1cncc(-c2cc3c(-c4nc5c(-c6cc(F)cc(NCCN(C)C)c6)cncc5[nH]4)n[nH]c3cn2)c1. The van der Waals surface area contributed by atoms with Crippen LogP contribution in [0.1, 0.15) is 26.2 Å². The highest BCUT2D eigenvalue weighted by Crippen LogP contribution is 2.33. The quantitative estimate of drug-likeness (QED) is 0.147. The van der Waals surface area contributed by atoms with Gasteiger partial charge in [0, 0.05) is 54.1 Å².